The average molecular weight is 304 g/mol. The molecule has 1 aromatic heterocycles. The number of aromatic nitrogens is 2. The highest BCUT2D eigenvalue weighted by molar-refractivity contribution is 9.10. The lowest BCUT2D eigenvalue weighted by molar-refractivity contribution is -0.143. The molecule has 7 nitrogen and oxygen atoms in total. The predicted octanol–water partition coefficient (Wildman–Crippen LogP) is 0.888. The van der Waals surface area contributed by atoms with Gasteiger partial charge in [0.15, 0.2) is 0 Å². The van der Waals surface area contributed by atoms with Crippen molar-refractivity contribution in [3.8, 4) is 0 Å². The van der Waals surface area contributed by atoms with Crippen LogP contribution in [0.5, 0.6) is 0 Å². The highest BCUT2D eigenvalue weighted by atomic mass is 79.9. The maximum absolute atomic E-state index is 11.4. The summed E-state index contributed by atoms with van der Waals surface area (Å²) in [6.45, 7) is 3.77. The number of hydrogen-bond acceptors (Lipinski definition) is 7. The molecular formula is C9H14BrN5O2. The van der Waals surface area contributed by atoms with E-state index in [1.807, 2.05) is 0 Å². The van der Waals surface area contributed by atoms with Gasteiger partial charge in [-0.15, -0.1) is 0 Å². The molecule has 0 saturated heterocycles. The first kappa shape index (κ1) is 13.7. The van der Waals surface area contributed by atoms with E-state index < -0.39 is 6.04 Å². The van der Waals surface area contributed by atoms with Crippen LogP contribution in [0.25, 0.3) is 0 Å². The number of rotatable bonds is 5. The monoisotopic (exact) mass is 303 g/mol. The van der Waals surface area contributed by atoms with Crippen molar-refractivity contribution in [3.63, 3.8) is 0 Å². The summed E-state index contributed by atoms with van der Waals surface area (Å²) >= 11 is 3.27. The van der Waals surface area contributed by atoms with E-state index in [2.05, 4.69) is 36.6 Å². The number of nitrogens with zero attached hydrogens (tertiary/aromatic N) is 2. The Labute approximate surface area is 107 Å². The predicted molar refractivity (Wildman–Crippen MR) is 67.3 cm³/mol. The number of hydrogen-bond donors (Lipinski definition) is 3. The lowest BCUT2D eigenvalue weighted by Gasteiger charge is -2.14. The molecule has 17 heavy (non-hydrogen) atoms. The molecule has 4 N–H and O–H groups in total. The minimum absolute atomic E-state index is 0.256. The third-order valence-electron chi connectivity index (χ3n) is 1.87. The number of hydrazine groups is 1. The molecule has 1 atom stereocenters. The van der Waals surface area contributed by atoms with Gasteiger partial charge >= 0.3 is 5.97 Å². The van der Waals surface area contributed by atoms with Crippen LogP contribution in [0.2, 0.25) is 0 Å². The van der Waals surface area contributed by atoms with Gasteiger partial charge in [-0.05, 0) is 29.8 Å². The number of carbonyl (C=O) groups is 1. The molecule has 1 aromatic rings. The Morgan fingerprint density at radius 2 is 2.41 bits per heavy atom. The van der Waals surface area contributed by atoms with Crippen LogP contribution < -0.4 is 16.6 Å². The van der Waals surface area contributed by atoms with Crippen LogP contribution in [0.1, 0.15) is 13.8 Å². The highest BCUT2D eigenvalue weighted by Crippen LogP contribution is 2.20. The van der Waals surface area contributed by atoms with Crippen LogP contribution in [0.3, 0.4) is 0 Å². The summed E-state index contributed by atoms with van der Waals surface area (Å²) < 4.78 is 5.50. The molecule has 94 valence electrons. The third-order valence-corrected chi connectivity index (χ3v) is 2.45. The Hall–Kier alpha value is -1.41. The number of carbonyl (C=O) groups excluding carboxylic acids is 1. The van der Waals surface area contributed by atoms with Crippen molar-refractivity contribution in [2.24, 2.45) is 5.84 Å². The van der Waals surface area contributed by atoms with E-state index in [9.17, 15) is 4.79 Å². The lowest BCUT2D eigenvalue weighted by Crippen LogP contribution is -2.29. The van der Waals surface area contributed by atoms with Gasteiger partial charge < -0.3 is 10.1 Å². The number of nitrogens with one attached hydrogen (secondary N) is 2. The third kappa shape index (κ3) is 3.82. The van der Waals surface area contributed by atoms with Crippen molar-refractivity contribution in [1.29, 1.82) is 0 Å². The molecule has 0 amide bonds. The van der Waals surface area contributed by atoms with E-state index in [-0.39, 0.29) is 11.9 Å². The molecule has 0 radical (unpaired) electrons. The fourth-order valence-electron chi connectivity index (χ4n) is 1.07. The number of esters is 1. The Morgan fingerprint density at radius 1 is 1.71 bits per heavy atom. The van der Waals surface area contributed by atoms with Gasteiger partial charge in [-0.2, -0.15) is 4.98 Å². The van der Waals surface area contributed by atoms with Crippen molar-refractivity contribution in [2.75, 3.05) is 17.3 Å². The standard InChI is InChI=1S/C9H14BrN5O2/c1-3-17-8(16)5(2)13-7-6(10)4-12-9(14-7)15-11/h4-5H,3,11H2,1-2H3,(H2,12,13,14,15). The summed E-state index contributed by atoms with van der Waals surface area (Å²) in [5.74, 6) is 5.57. The Morgan fingerprint density at radius 3 is 3.00 bits per heavy atom. The summed E-state index contributed by atoms with van der Waals surface area (Å²) in [7, 11) is 0. The molecule has 0 saturated carbocycles. The molecule has 0 aliphatic carbocycles. The van der Waals surface area contributed by atoms with E-state index in [1.54, 1.807) is 13.8 Å². The van der Waals surface area contributed by atoms with Gasteiger partial charge in [0.1, 0.15) is 11.9 Å². The summed E-state index contributed by atoms with van der Waals surface area (Å²) in [6, 6.07) is -0.508. The van der Waals surface area contributed by atoms with Crippen LogP contribution in [-0.4, -0.2) is 28.6 Å². The Balaban J connectivity index is 2.76. The Bertz CT molecular complexity index is 401. The van der Waals surface area contributed by atoms with Gasteiger partial charge in [-0.25, -0.2) is 15.6 Å². The number of nitrogens with two attached hydrogens (primary N) is 1. The van der Waals surface area contributed by atoms with Crippen molar-refractivity contribution in [2.45, 2.75) is 19.9 Å². The Kier molecular flexibility index (Phi) is 5.11. The van der Waals surface area contributed by atoms with Gasteiger partial charge in [0, 0.05) is 6.20 Å². The molecule has 0 spiro atoms. The minimum Gasteiger partial charge on any atom is -0.464 e. The maximum Gasteiger partial charge on any atom is 0.328 e. The topological polar surface area (TPSA) is 102 Å². The largest absolute Gasteiger partial charge is 0.464 e. The van der Waals surface area contributed by atoms with E-state index in [0.717, 1.165) is 0 Å². The minimum atomic E-state index is -0.508. The second-order valence-corrected chi connectivity index (χ2v) is 4.01. The molecule has 1 unspecified atom stereocenters. The first-order chi connectivity index (χ1) is 8.08. The van der Waals surface area contributed by atoms with Crippen LogP contribution in [0, 0.1) is 0 Å². The smallest absolute Gasteiger partial charge is 0.328 e. The zero-order valence-corrected chi connectivity index (χ0v) is 11.1. The second kappa shape index (κ2) is 6.36. The molecule has 1 rings (SSSR count). The quantitative estimate of drug-likeness (QED) is 0.422. The van der Waals surface area contributed by atoms with Gasteiger partial charge in [0.05, 0.1) is 11.1 Å². The molecule has 8 heteroatoms. The summed E-state index contributed by atoms with van der Waals surface area (Å²) in [5.41, 5.74) is 2.32. The second-order valence-electron chi connectivity index (χ2n) is 3.15. The maximum atomic E-state index is 11.4. The number of anilines is 2. The van der Waals surface area contributed by atoms with Crippen molar-refractivity contribution in [1.82, 2.24) is 9.97 Å². The van der Waals surface area contributed by atoms with E-state index in [1.165, 1.54) is 6.20 Å². The van der Waals surface area contributed by atoms with E-state index in [4.69, 9.17) is 10.6 Å². The normalized spacial score (nSPS) is 11.8. The highest BCUT2D eigenvalue weighted by Gasteiger charge is 2.16. The van der Waals surface area contributed by atoms with E-state index >= 15 is 0 Å². The molecule has 0 aliphatic heterocycles. The number of halogens is 1. The van der Waals surface area contributed by atoms with Crippen molar-refractivity contribution >= 4 is 33.7 Å². The molecule has 0 fully saturated rings. The fourth-order valence-corrected chi connectivity index (χ4v) is 1.37. The van der Waals surface area contributed by atoms with Crippen molar-refractivity contribution in [3.05, 3.63) is 10.7 Å². The van der Waals surface area contributed by atoms with Crippen LogP contribution >= 0.6 is 15.9 Å². The van der Waals surface area contributed by atoms with Crippen LogP contribution in [-0.2, 0) is 9.53 Å². The number of ether oxygens (including phenoxy) is 1. The van der Waals surface area contributed by atoms with E-state index in [0.29, 0.717) is 16.9 Å². The van der Waals surface area contributed by atoms with Gasteiger partial charge in [0.2, 0.25) is 5.95 Å². The summed E-state index contributed by atoms with van der Waals surface area (Å²) in [6.07, 6.45) is 1.53. The molecule has 1 heterocycles. The summed E-state index contributed by atoms with van der Waals surface area (Å²) in [4.78, 5) is 19.4. The van der Waals surface area contributed by atoms with Gasteiger partial charge in [-0.3, -0.25) is 5.43 Å². The molecule has 0 aromatic carbocycles. The molecule has 0 aliphatic rings. The average Bonchev–Trinajstić information content (AvgIpc) is 2.32. The first-order valence-corrected chi connectivity index (χ1v) is 5.80. The molecule has 0 bridgehead atoms. The van der Waals surface area contributed by atoms with Gasteiger partial charge in [0.25, 0.3) is 0 Å². The SMILES string of the molecule is CCOC(=O)C(C)Nc1nc(NN)ncc1Br. The van der Waals surface area contributed by atoms with Crippen LogP contribution in [0.4, 0.5) is 11.8 Å². The lowest BCUT2D eigenvalue weighted by atomic mass is 10.3. The number of nitrogen functional groups attached to an aromatic ring is 1. The zero-order valence-electron chi connectivity index (χ0n) is 9.53. The van der Waals surface area contributed by atoms with Crippen molar-refractivity contribution < 1.29 is 9.53 Å². The molecular weight excluding hydrogens is 290 g/mol. The van der Waals surface area contributed by atoms with Gasteiger partial charge in [-0.1, -0.05) is 0 Å². The zero-order chi connectivity index (χ0) is 12.8. The van der Waals surface area contributed by atoms with Crippen LogP contribution in [0.15, 0.2) is 10.7 Å². The summed E-state index contributed by atoms with van der Waals surface area (Å²) in [5, 5.41) is 2.90. The fraction of sp³-hybridized carbons (Fsp3) is 0.444. The first-order valence-electron chi connectivity index (χ1n) is 5.00.